The van der Waals surface area contributed by atoms with Gasteiger partial charge in [0.2, 0.25) is 0 Å². The molecule has 1 aromatic carbocycles. The lowest BCUT2D eigenvalue weighted by molar-refractivity contribution is 1.25. The molecule has 1 rings (SSSR count). The van der Waals surface area contributed by atoms with Gasteiger partial charge < -0.3 is 5.73 Å². The van der Waals surface area contributed by atoms with Gasteiger partial charge in [-0.15, -0.1) is 0 Å². The molecule has 0 aliphatic carbocycles. The number of nitrogens with two attached hydrogens (primary N) is 1. The predicted molar refractivity (Wildman–Crippen MR) is 53.9 cm³/mol. The fraction of sp³-hybridized carbons (Fsp3) is 0.300. The zero-order valence-corrected chi connectivity index (χ0v) is 7.54. The maximum atomic E-state index is 5.54. The van der Waals surface area contributed by atoms with E-state index in [1.165, 1.54) is 0 Å². The molecule has 2 nitrogen and oxygen atoms in total. The van der Waals surface area contributed by atoms with E-state index in [4.69, 9.17) is 5.73 Å². The highest BCUT2D eigenvalue weighted by Gasteiger charge is 1.89. The van der Waals surface area contributed by atoms with Crippen molar-refractivity contribution in [1.82, 2.24) is 0 Å². The standard InChI is InChI=1S/C10H14N2/c1-3-8(2)12-10-6-4-9(11)5-7-10/h4-7H,3,11H2,1-2H3. The molecule has 0 unspecified atom stereocenters. The highest BCUT2D eigenvalue weighted by molar-refractivity contribution is 5.84. The molecule has 64 valence electrons. The zero-order valence-electron chi connectivity index (χ0n) is 7.54. The molecule has 0 radical (unpaired) electrons. The van der Waals surface area contributed by atoms with Gasteiger partial charge in [0, 0.05) is 11.4 Å². The van der Waals surface area contributed by atoms with Crippen LogP contribution in [0.1, 0.15) is 20.3 Å². The minimum absolute atomic E-state index is 0.781. The number of aliphatic imine (C=N–C) groups is 1. The molecule has 0 saturated carbocycles. The van der Waals surface area contributed by atoms with Crippen molar-refractivity contribution in [2.75, 3.05) is 5.73 Å². The van der Waals surface area contributed by atoms with Gasteiger partial charge in [0.05, 0.1) is 5.69 Å². The molecule has 2 N–H and O–H groups in total. The molecule has 0 saturated heterocycles. The summed E-state index contributed by atoms with van der Waals surface area (Å²) in [6.07, 6.45) is 0.990. The predicted octanol–water partition coefficient (Wildman–Crippen LogP) is 2.77. The first-order valence-electron chi connectivity index (χ1n) is 4.12. The molecular weight excluding hydrogens is 148 g/mol. The Hall–Kier alpha value is -1.31. The Balaban J connectivity index is 2.84. The van der Waals surface area contributed by atoms with Crippen LogP contribution in [0.25, 0.3) is 0 Å². The van der Waals surface area contributed by atoms with Gasteiger partial charge in [0.15, 0.2) is 0 Å². The number of nitrogen functional groups attached to an aromatic ring is 1. The largest absolute Gasteiger partial charge is 0.399 e. The van der Waals surface area contributed by atoms with Crippen LogP contribution in [0.2, 0.25) is 0 Å². The van der Waals surface area contributed by atoms with Crippen LogP contribution >= 0.6 is 0 Å². The number of hydrogen-bond donors (Lipinski definition) is 1. The van der Waals surface area contributed by atoms with Crippen molar-refractivity contribution in [3.05, 3.63) is 24.3 Å². The summed E-state index contributed by atoms with van der Waals surface area (Å²) in [7, 11) is 0. The van der Waals surface area contributed by atoms with Gasteiger partial charge >= 0.3 is 0 Å². The van der Waals surface area contributed by atoms with E-state index >= 15 is 0 Å². The van der Waals surface area contributed by atoms with Crippen molar-refractivity contribution in [3.8, 4) is 0 Å². The molecule has 0 amide bonds. The maximum Gasteiger partial charge on any atom is 0.0630 e. The molecule has 0 atom stereocenters. The number of rotatable bonds is 2. The normalized spacial score (nSPS) is 11.7. The highest BCUT2D eigenvalue weighted by Crippen LogP contribution is 2.14. The lowest BCUT2D eigenvalue weighted by Crippen LogP contribution is -1.86. The first-order chi connectivity index (χ1) is 5.72. The second-order valence-corrected chi connectivity index (χ2v) is 2.79. The van der Waals surface area contributed by atoms with Crippen LogP contribution in [0, 0.1) is 0 Å². The molecular formula is C10H14N2. The summed E-state index contributed by atoms with van der Waals surface area (Å²) in [5.74, 6) is 0. The van der Waals surface area contributed by atoms with E-state index in [-0.39, 0.29) is 0 Å². The van der Waals surface area contributed by atoms with Crippen molar-refractivity contribution >= 4 is 17.1 Å². The van der Waals surface area contributed by atoms with E-state index < -0.39 is 0 Å². The van der Waals surface area contributed by atoms with Gasteiger partial charge in [0.1, 0.15) is 0 Å². The Morgan fingerprint density at radius 2 is 1.92 bits per heavy atom. The molecule has 0 aromatic heterocycles. The summed E-state index contributed by atoms with van der Waals surface area (Å²) < 4.78 is 0. The fourth-order valence-electron chi connectivity index (χ4n) is 0.848. The molecule has 0 aliphatic rings. The van der Waals surface area contributed by atoms with E-state index in [0.717, 1.165) is 23.5 Å². The molecule has 2 heteroatoms. The SMILES string of the molecule is CCC(C)=Nc1ccc(N)cc1. The van der Waals surface area contributed by atoms with Crippen LogP contribution in [0.4, 0.5) is 11.4 Å². The first-order valence-corrected chi connectivity index (χ1v) is 4.12. The number of nitrogens with zero attached hydrogens (tertiary/aromatic N) is 1. The average Bonchev–Trinajstić information content (AvgIpc) is 2.09. The smallest absolute Gasteiger partial charge is 0.0630 e. The van der Waals surface area contributed by atoms with Crippen LogP contribution < -0.4 is 5.73 Å². The van der Waals surface area contributed by atoms with Crippen LogP contribution in [-0.4, -0.2) is 5.71 Å². The average molecular weight is 162 g/mol. The van der Waals surface area contributed by atoms with Gasteiger partial charge in [-0.3, -0.25) is 4.99 Å². The van der Waals surface area contributed by atoms with Crippen LogP contribution in [-0.2, 0) is 0 Å². The van der Waals surface area contributed by atoms with Gasteiger partial charge in [0.25, 0.3) is 0 Å². The van der Waals surface area contributed by atoms with Crippen molar-refractivity contribution in [3.63, 3.8) is 0 Å². The molecule has 1 aromatic rings. The van der Waals surface area contributed by atoms with Gasteiger partial charge in [-0.1, -0.05) is 6.92 Å². The third-order valence-electron chi connectivity index (χ3n) is 1.72. The maximum absolute atomic E-state index is 5.54. The number of anilines is 1. The van der Waals surface area contributed by atoms with Crippen LogP contribution in [0.15, 0.2) is 29.3 Å². The lowest BCUT2D eigenvalue weighted by atomic mass is 10.3. The second-order valence-electron chi connectivity index (χ2n) is 2.79. The van der Waals surface area contributed by atoms with Gasteiger partial charge in [-0.25, -0.2) is 0 Å². The van der Waals surface area contributed by atoms with E-state index in [2.05, 4.69) is 11.9 Å². The fourth-order valence-corrected chi connectivity index (χ4v) is 0.848. The van der Waals surface area contributed by atoms with E-state index in [9.17, 15) is 0 Å². The van der Waals surface area contributed by atoms with E-state index in [1.54, 1.807) is 0 Å². The Morgan fingerprint density at radius 1 is 1.33 bits per heavy atom. The molecule has 0 heterocycles. The summed E-state index contributed by atoms with van der Waals surface area (Å²) in [5, 5.41) is 0. The van der Waals surface area contributed by atoms with Crippen molar-refractivity contribution in [2.24, 2.45) is 4.99 Å². The quantitative estimate of drug-likeness (QED) is 0.527. The molecule has 0 aliphatic heterocycles. The van der Waals surface area contributed by atoms with E-state index in [1.807, 2.05) is 31.2 Å². The van der Waals surface area contributed by atoms with Gasteiger partial charge in [-0.2, -0.15) is 0 Å². The van der Waals surface area contributed by atoms with Crippen molar-refractivity contribution in [2.45, 2.75) is 20.3 Å². The summed E-state index contributed by atoms with van der Waals surface area (Å²) in [6.45, 7) is 4.12. The Kier molecular flexibility index (Phi) is 2.86. The minimum atomic E-state index is 0.781. The van der Waals surface area contributed by atoms with E-state index in [0.29, 0.717) is 0 Å². The van der Waals surface area contributed by atoms with Crippen molar-refractivity contribution < 1.29 is 0 Å². The molecule has 0 fully saturated rings. The summed E-state index contributed by atoms with van der Waals surface area (Å²) in [4.78, 5) is 4.38. The third-order valence-corrected chi connectivity index (χ3v) is 1.72. The molecule has 0 spiro atoms. The van der Waals surface area contributed by atoms with Gasteiger partial charge in [-0.05, 0) is 37.6 Å². The number of benzene rings is 1. The van der Waals surface area contributed by atoms with Crippen LogP contribution in [0.3, 0.4) is 0 Å². The molecule has 12 heavy (non-hydrogen) atoms. The number of hydrogen-bond acceptors (Lipinski definition) is 2. The summed E-state index contributed by atoms with van der Waals surface area (Å²) in [6, 6.07) is 7.58. The van der Waals surface area contributed by atoms with Crippen LogP contribution in [0.5, 0.6) is 0 Å². The third kappa shape index (κ3) is 2.38. The second kappa shape index (κ2) is 3.90. The zero-order chi connectivity index (χ0) is 8.97. The summed E-state index contributed by atoms with van der Waals surface area (Å²) in [5.41, 5.74) is 8.44. The summed E-state index contributed by atoms with van der Waals surface area (Å²) >= 11 is 0. The molecule has 0 bridgehead atoms. The minimum Gasteiger partial charge on any atom is -0.399 e. The lowest BCUT2D eigenvalue weighted by Gasteiger charge is -1.97. The van der Waals surface area contributed by atoms with Crippen molar-refractivity contribution in [1.29, 1.82) is 0 Å². The Morgan fingerprint density at radius 3 is 2.42 bits per heavy atom. The Labute approximate surface area is 73.1 Å². The monoisotopic (exact) mass is 162 g/mol. The topological polar surface area (TPSA) is 38.4 Å². The Bertz CT molecular complexity index is 272. The first kappa shape index (κ1) is 8.78. The highest BCUT2D eigenvalue weighted by atomic mass is 14.7.